The Kier molecular flexibility index (Phi) is 5.84. The molecule has 2 heterocycles. The van der Waals surface area contributed by atoms with Crippen molar-refractivity contribution < 1.29 is 14.3 Å². The predicted octanol–water partition coefficient (Wildman–Crippen LogP) is 2.85. The van der Waals surface area contributed by atoms with E-state index in [0.29, 0.717) is 37.5 Å². The summed E-state index contributed by atoms with van der Waals surface area (Å²) in [4.78, 5) is 30.7. The zero-order chi connectivity index (χ0) is 18.4. The monoisotopic (exact) mass is 353 g/mol. The molecule has 0 spiro atoms. The number of nitrogens with zero attached hydrogens (tertiary/aromatic N) is 2. The Balaban J connectivity index is 1.74. The van der Waals surface area contributed by atoms with Crippen LogP contribution in [0.25, 0.3) is 0 Å². The van der Waals surface area contributed by atoms with Crippen LogP contribution < -0.4 is 15.0 Å². The molecule has 2 aromatic rings. The first kappa shape index (κ1) is 17.9. The van der Waals surface area contributed by atoms with Gasteiger partial charge in [0.1, 0.15) is 0 Å². The fourth-order valence-corrected chi connectivity index (χ4v) is 2.91. The number of aromatic nitrogens is 1. The van der Waals surface area contributed by atoms with Gasteiger partial charge in [0.15, 0.2) is 11.6 Å². The molecule has 6 nitrogen and oxygen atoms in total. The van der Waals surface area contributed by atoms with Crippen LogP contribution in [0.2, 0.25) is 0 Å². The average molecular weight is 353 g/mol. The van der Waals surface area contributed by atoms with Gasteiger partial charge in [-0.15, -0.1) is 0 Å². The van der Waals surface area contributed by atoms with E-state index in [4.69, 9.17) is 4.74 Å². The van der Waals surface area contributed by atoms with Crippen molar-refractivity contribution in [2.75, 3.05) is 18.0 Å². The summed E-state index contributed by atoms with van der Waals surface area (Å²) in [6.07, 6.45) is 2.80. The SMILES string of the molecule is CCCNC(=O)CCCN1C(=O)[C@@H](c2ccccc2)Oc2cccnc21. The molecule has 3 rings (SSSR count). The number of benzene rings is 1. The minimum atomic E-state index is -0.693. The van der Waals surface area contributed by atoms with Crippen LogP contribution in [0, 0.1) is 0 Å². The molecule has 0 saturated heterocycles. The first-order valence-electron chi connectivity index (χ1n) is 8.95. The quantitative estimate of drug-likeness (QED) is 0.831. The van der Waals surface area contributed by atoms with Crippen molar-refractivity contribution in [3.05, 3.63) is 54.2 Å². The number of hydrogen-bond donors (Lipinski definition) is 1. The molecule has 0 fully saturated rings. The van der Waals surface area contributed by atoms with Gasteiger partial charge >= 0.3 is 0 Å². The topological polar surface area (TPSA) is 71.5 Å². The number of carbonyl (C=O) groups is 2. The summed E-state index contributed by atoms with van der Waals surface area (Å²) >= 11 is 0. The molecule has 0 unspecified atom stereocenters. The van der Waals surface area contributed by atoms with Gasteiger partial charge in [-0.1, -0.05) is 37.3 Å². The van der Waals surface area contributed by atoms with Crippen LogP contribution in [-0.4, -0.2) is 29.9 Å². The lowest BCUT2D eigenvalue weighted by atomic mass is 10.1. The minimum Gasteiger partial charge on any atom is -0.472 e. The largest absolute Gasteiger partial charge is 0.472 e. The second kappa shape index (κ2) is 8.47. The molecule has 0 saturated carbocycles. The van der Waals surface area contributed by atoms with Crippen LogP contribution in [0.1, 0.15) is 37.9 Å². The molecular weight excluding hydrogens is 330 g/mol. The lowest BCUT2D eigenvalue weighted by molar-refractivity contribution is -0.127. The summed E-state index contributed by atoms with van der Waals surface area (Å²) in [6.45, 7) is 3.11. The number of fused-ring (bicyclic) bond motifs is 1. The van der Waals surface area contributed by atoms with Gasteiger partial charge in [-0.25, -0.2) is 4.98 Å². The minimum absolute atomic E-state index is 0.00779. The summed E-state index contributed by atoms with van der Waals surface area (Å²) in [7, 11) is 0. The zero-order valence-electron chi connectivity index (χ0n) is 14.9. The number of anilines is 1. The maximum atomic E-state index is 13.0. The highest BCUT2D eigenvalue weighted by Crippen LogP contribution is 2.37. The van der Waals surface area contributed by atoms with E-state index < -0.39 is 6.10 Å². The van der Waals surface area contributed by atoms with Crippen molar-refractivity contribution in [2.45, 2.75) is 32.3 Å². The molecule has 0 bridgehead atoms. The van der Waals surface area contributed by atoms with Gasteiger partial charge in [0.05, 0.1) is 0 Å². The van der Waals surface area contributed by atoms with Crippen molar-refractivity contribution in [3.63, 3.8) is 0 Å². The van der Waals surface area contributed by atoms with Crippen molar-refractivity contribution in [3.8, 4) is 5.75 Å². The van der Waals surface area contributed by atoms with Crippen molar-refractivity contribution in [1.82, 2.24) is 10.3 Å². The van der Waals surface area contributed by atoms with Gasteiger partial charge < -0.3 is 10.1 Å². The van der Waals surface area contributed by atoms with E-state index in [0.717, 1.165) is 12.0 Å². The van der Waals surface area contributed by atoms with E-state index >= 15 is 0 Å². The highest BCUT2D eigenvalue weighted by Gasteiger charge is 2.36. The van der Waals surface area contributed by atoms with E-state index in [-0.39, 0.29) is 11.8 Å². The maximum absolute atomic E-state index is 13.0. The van der Waals surface area contributed by atoms with E-state index in [1.165, 1.54) is 0 Å². The van der Waals surface area contributed by atoms with Crippen LogP contribution in [-0.2, 0) is 9.59 Å². The summed E-state index contributed by atoms with van der Waals surface area (Å²) in [5, 5.41) is 2.85. The molecule has 1 aromatic heterocycles. The molecule has 0 radical (unpaired) electrons. The van der Waals surface area contributed by atoms with Crippen LogP contribution in [0.5, 0.6) is 5.75 Å². The highest BCUT2D eigenvalue weighted by atomic mass is 16.5. The van der Waals surface area contributed by atoms with Gasteiger partial charge in [0, 0.05) is 31.3 Å². The number of rotatable bonds is 7. The molecule has 1 aliphatic heterocycles. The standard InChI is InChI=1S/C20H23N3O3/c1-2-12-21-17(24)11-7-14-23-19-16(10-6-13-22-19)26-18(20(23)25)15-8-4-3-5-9-15/h3-6,8-10,13,18H,2,7,11-12,14H2,1H3,(H,21,24)/t18-/m1/s1. The maximum Gasteiger partial charge on any atom is 0.274 e. The van der Waals surface area contributed by atoms with Gasteiger partial charge in [0.25, 0.3) is 5.91 Å². The second-order valence-electron chi connectivity index (χ2n) is 6.18. The van der Waals surface area contributed by atoms with E-state index in [2.05, 4.69) is 10.3 Å². The molecule has 1 atom stereocenters. The third-order valence-electron chi connectivity index (χ3n) is 4.20. The molecule has 1 aromatic carbocycles. The number of amides is 2. The van der Waals surface area contributed by atoms with Crippen LogP contribution in [0.4, 0.5) is 5.82 Å². The van der Waals surface area contributed by atoms with Crippen molar-refractivity contribution in [1.29, 1.82) is 0 Å². The van der Waals surface area contributed by atoms with Gasteiger partial charge in [0.2, 0.25) is 12.0 Å². The van der Waals surface area contributed by atoms with Gasteiger partial charge in [-0.2, -0.15) is 0 Å². The zero-order valence-corrected chi connectivity index (χ0v) is 14.9. The second-order valence-corrected chi connectivity index (χ2v) is 6.18. The normalized spacial score (nSPS) is 16.0. The molecule has 1 aliphatic rings. The van der Waals surface area contributed by atoms with E-state index in [1.54, 1.807) is 17.2 Å². The van der Waals surface area contributed by atoms with E-state index in [9.17, 15) is 9.59 Å². The van der Waals surface area contributed by atoms with Crippen molar-refractivity contribution in [2.24, 2.45) is 0 Å². The Bertz CT molecular complexity index is 764. The molecule has 0 aliphatic carbocycles. The van der Waals surface area contributed by atoms with Crippen molar-refractivity contribution >= 4 is 17.6 Å². The molecule has 6 heteroatoms. The summed E-state index contributed by atoms with van der Waals surface area (Å²) in [5.74, 6) is 0.944. The third kappa shape index (κ3) is 4.02. The van der Waals surface area contributed by atoms with Gasteiger partial charge in [-0.05, 0) is 25.0 Å². The molecular formula is C20H23N3O3. The Hall–Kier alpha value is -2.89. The van der Waals surface area contributed by atoms with Crippen LogP contribution >= 0.6 is 0 Å². The lowest BCUT2D eigenvalue weighted by Crippen LogP contribution is -2.42. The summed E-state index contributed by atoms with van der Waals surface area (Å²) in [6, 6.07) is 13.0. The Labute approximate surface area is 153 Å². The molecule has 2 amide bonds. The molecule has 136 valence electrons. The predicted molar refractivity (Wildman–Crippen MR) is 98.9 cm³/mol. The molecule has 26 heavy (non-hydrogen) atoms. The Morgan fingerprint density at radius 2 is 2.04 bits per heavy atom. The summed E-state index contributed by atoms with van der Waals surface area (Å²) < 4.78 is 5.91. The highest BCUT2D eigenvalue weighted by molar-refractivity contribution is 5.99. The Morgan fingerprint density at radius 3 is 2.81 bits per heavy atom. The van der Waals surface area contributed by atoms with E-state index in [1.807, 2.05) is 43.3 Å². The smallest absolute Gasteiger partial charge is 0.274 e. The first-order valence-corrected chi connectivity index (χ1v) is 8.95. The molecule has 1 N–H and O–H groups in total. The van der Waals surface area contributed by atoms with Crippen LogP contribution in [0.15, 0.2) is 48.7 Å². The third-order valence-corrected chi connectivity index (χ3v) is 4.20. The Morgan fingerprint density at radius 1 is 1.23 bits per heavy atom. The first-order chi connectivity index (χ1) is 12.7. The fourth-order valence-electron chi connectivity index (χ4n) is 2.91. The number of ether oxygens (including phenoxy) is 1. The number of carbonyl (C=O) groups excluding carboxylic acids is 2. The summed E-state index contributed by atoms with van der Waals surface area (Å²) in [5.41, 5.74) is 0.803. The average Bonchev–Trinajstić information content (AvgIpc) is 2.68. The lowest BCUT2D eigenvalue weighted by Gasteiger charge is -2.33. The number of hydrogen-bond acceptors (Lipinski definition) is 4. The fraction of sp³-hybridized carbons (Fsp3) is 0.350. The number of nitrogens with one attached hydrogen (secondary N) is 1. The number of pyridine rings is 1. The van der Waals surface area contributed by atoms with Gasteiger partial charge in [-0.3, -0.25) is 14.5 Å². The van der Waals surface area contributed by atoms with Crippen LogP contribution in [0.3, 0.4) is 0 Å².